The van der Waals surface area contributed by atoms with Crippen molar-refractivity contribution in [2.24, 2.45) is 0 Å². The summed E-state index contributed by atoms with van der Waals surface area (Å²) in [5.74, 6) is 0. The monoisotopic (exact) mass is 482 g/mol. The lowest BCUT2D eigenvalue weighted by atomic mass is 9.89. The Balaban J connectivity index is 1.68. The van der Waals surface area contributed by atoms with Crippen LogP contribution in [0.4, 0.5) is 0 Å². The molecule has 1 unspecified atom stereocenters. The van der Waals surface area contributed by atoms with Gasteiger partial charge in [-0.2, -0.15) is 4.31 Å². The van der Waals surface area contributed by atoms with Crippen molar-refractivity contribution in [1.29, 1.82) is 0 Å². The fraction of sp³-hybridized carbons (Fsp3) is 0.375. The largest absolute Gasteiger partial charge is 0.455 e. The number of aromatic nitrogens is 1. The van der Waals surface area contributed by atoms with Crippen molar-refractivity contribution in [3.05, 3.63) is 72.4 Å². The van der Waals surface area contributed by atoms with E-state index in [0.717, 1.165) is 11.8 Å². The topological polar surface area (TPSA) is 59.5 Å². The number of benzene rings is 2. The number of nitrogens with zero attached hydrogens (tertiary/aromatic N) is 2. The number of para-hydroxylation sites is 1. The summed E-state index contributed by atoms with van der Waals surface area (Å²) in [5.41, 5.74) is 2.00. The van der Waals surface area contributed by atoms with Gasteiger partial charge in [-0.3, -0.25) is 4.98 Å². The second-order valence-corrected chi connectivity index (χ2v) is 20.9. The Morgan fingerprint density at radius 2 is 1.72 bits per heavy atom. The van der Waals surface area contributed by atoms with Crippen molar-refractivity contribution in [2.75, 3.05) is 13.1 Å². The van der Waals surface area contributed by atoms with Crippen molar-refractivity contribution in [3.63, 3.8) is 0 Å². The molecule has 2 aromatic carbocycles. The zero-order valence-corrected chi connectivity index (χ0v) is 21.9. The van der Waals surface area contributed by atoms with Crippen LogP contribution in [0.15, 0.2) is 71.8 Å². The molecule has 5 rings (SSSR count). The Morgan fingerprint density at radius 1 is 1.00 bits per heavy atom. The molecule has 0 N–H and O–H groups in total. The number of hydrogen-bond donors (Lipinski definition) is 0. The van der Waals surface area contributed by atoms with Crippen LogP contribution in [-0.4, -0.2) is 47.4 Å². The summed E-state index contributed by atoms with van der Waals surface area (Å²) in [6.45, 7) is 10.1. The molecule has 0 amide bonds. The van der Waals surface area contributed by atoms with E-state index < -0.39 is 26.7 Å². The second kappa shape index (κ2) is 7.33. The summed E-state index contributed by atoms with van der Waals surface area (Å²) >= 11 is 0. The van der Waals surface area contributed by atoms with Crippen LogP contribution in [0.2, 0.25) is 31.7 Å². The molecule has 0 radical (unpaired) electrons. The first-order valence-corrected chi connectivity index (χ1v) is 18.5. The number of pyridine rings is 1. The van der Waals surface area contributed by atoms with Crippen LogP contribution in [0, 0.1) is 0 Å². The Hall–Kier alpha value is -1.85. The minimum Gasteiger partial charge on any atom is -0.455 e. The summed E-state index contributed by atoms with van der Waals surface area (Å²) in [6.07, 6.45) is 2.67. The molecule has 8 heteroatoms. The molecule has 2 aliphatic rings. The highest BCUT2D eigenvalue weighted by Gasteiger charge is 2.63. The smallest absolute Gasteiger partial charge is 0.245 e. The number of piperidine rings is 1. The Labute approximate surface area is 192 Å². The summed E-state index contributed by atoms with van der Waals surface area (Å²) in [4.78, 5) is 4.74. The van der Waals surface area contributed by atoms with Gasteiger partial charge in [0.15, 0.2) is 16.6 Å². The zero-order valence-electron chi connectivity index (χ0n) is 19.1. The molecule has 3 aromatic rings. The molecule has 0 saturated carbocycles. The molecule has 3 heterocycles. The van der Waals surface area contributed by atoms with Crippen LogP contribution in [0.3, 0.4) is 0 Å². The lowest BCUT2D eigenvalue weighted by molar-refractivity contribution is 0.226. The normalized spacial score (nSPS) is 27.3. The number of hydrogen-bond acceptors (Lipinski definition) is 4. The standard InChI is InChI=1S/C24H30N2O3SSi2/c1-31(2)21-16-24(32(3,4)29-31,20-12-6-5-7-13-20)18-26(17-21)30(27,28)22-14-8-10-19-11-9-15-25-23(19)22/h5-15,21H,16-18H2,1-4H3/t21-,24?/m1/s1. The predicted molar refractivity (Wildman–Crippen MR) is 133 cm³/mol. The average molecular weight is 483 g/mol. The second-order valence-electron chi connectivity index (χ2n) is 10.2. The molecule has 0 spiro atoms. The zero-order chi connectivity index (χ0) is 22.8. The highest BCUT2D eigenvalue weighted by Crippen LogP contribution is 2.54. The van der Waals surface area contributed by atoms with Crippen molar-refractivity contribution < 1.29 is 12.5 Å². The van der Waals surface area contributed by atoms with E-state index in [0.29, 0.717) is 23.5 Å². The first kappa shape index (κ1) is 22.0. The molecule has 2 saturated heterocycles. The maximum Gasteiger partial charge on any atom is 0.245 e. The maximum atomic E-state index is 14.1. The van der Waals surface area contributed by atoms with E-state index in [2.05, 4.69) is 55.4 Å². The van der Waals surface area contributed by atoms with Crippen molar-refractivity contribution in [1.82, 2.24) is 9.29 Å². The van der Waals surface area contributed by atoms with Gasteiger partial charge in [0.25, 0.3) is 0 Å². The lowest BCUT2D eigenvalue weighted by Crippen LogP contribution is -2.72. The van der Waals surface area contributed by atoms with Gasteiger partial charge in [-0.05, 0) is 55.8 Å². The molecule has 1 aromatic heterocycles. The minimum absolute atomic E-state index is 0.245. The number of rotatable bonds is 3. The molecular formula is C24H30N2O3SSi2. The molecule has 2 aliphatic heterocycles. The molecule has 0 aliphatic carbocycles. The van der Waals surface area contributed by atoms with Crippen LogP contribution in [-0.2, 0) is 19.2 Å². The first-order chi connectivity index (χ1) is 15.1. The quantitative estimate of drug-likeness (QED) is 0.497. The van der Waals surface area contributed by atoms with E-state index in [1.54, 1.807) is 16.6 Å². The molecule has 2 atom stereocenters. The Bertz CT molecular complexity index is 1280. The van der Waals surface area contributed by atoms with Gasteiger partial charge in [-0.15, -0.1) is 0 Å². The van der Waals surface area contributed by atoms with Crippen LogP contribution >= 0.6 is 0 Å². The van der Waals surface area contributed by atoms with Gasteiger partial charge in [0.05, 0.1) is 5.52 Å². The fourth-order valence-electron chi connectivity index (χ4n) is 5.82. The van der Waals surface area contributed by atoms with Crippen molar-refractivity contribution in [2.45, 2.75) is 48.1 Å². The molecule has 32 heavy (non-hydrogen) atoms. The van der Waals surface area contributed by atoms with Gasteiger partial charge in [0.2, 0.25) is 10.0 Å². The van der Waals surface area contributed by atoms with Crippen LogP contribution in [0.5, 0.6) is 0 Å². The van der Waals surface area contributed by atoms with E-state index in [1.807, 2.05) is 30.3 Å². The van der Waals surface area contributed by atoms with E-state index in [1.165, 1.54) is 5.56 Å². The van der Waals surface area contributed by atoms with Crippen LogP contribution in [0.25, 0.3) is 10.9 Å². The summed E-state index contributed by atoms with van der Waals surface area (Å²) in [5, 5.41) is 0.571. The third kappa shape index (κ3) is 3.23. The van der Waals surface area contributed by atoms with Crippen molar-refractivity contribution >= 4 is 37.6 Å². The lowest BCUT2D eigenvalue weighted by Gasteiger charge is -2.61. The van der Waals surface area contributed by atoms with E-state index in [-0.39, 0.29) is 10.6 Å². The molecule has 2 fully saturated rings. The van der Waals surface area contributed by atoms with Gasteiger partial charge < -0.3 is 4.12 Å². The van der Waals surface area contributed by atoms with Crippen molar-refractivity contribution in [3.8, 4) is 0 Å². The molecule has 168 valence electrons. The molecule has 2 bridgehead atoms. The van der Waals surface area contributed by atoms with Gasteiger partial charge in [-0.25, -0.2) is 8.42 Å². The summed E-state index contributed by atoms with van der Waals surface area (Å²) in [6, 6.07) is 19.6. The highest BCUT2D eigenvalue weighted by molar-refractivity contribution is 7.89. The maximum absolute atomic E-state index is 14.1. The minimum atomic E-state index is -3.72. The predicted octanol–water partition coefficient (Wildman–Crippen LogP) is 4.92. The van der Waals surface area contributed by atoms with Crippen LogP contribution in [0.1, 0.15) is 12.0 Å². The number of fused-ring (bicyclic) bond motifs is 3. The Morgan fingerprint density at radius 3 is 2.47 bits per heavy atom. The van der Waals surface area contributed by atoms with Gasteiger partial charge in [-0.1, -0.05) is 48.5 Å². The fourth-order valence-corrected chi connectivity index (χ4v) is 18.4. The molecular weight excluding hydrogens is 453 g/mol. The Kier molecular flexibility index (Phi) is 5.03. The first-order valence-electron chi connectivity index (χ1n) is 11.2. The third-order valence-corrected chi connectivity index (χ3v) is 19.0. The number of sulfonamides is 1. The SMILES string of the molecule is C[Si]1(C)O[Si](C)(C)C2(c3ccccc3)C[C@@H]1CN(S(=O)(=O)c1cccc3cccnc13)C2. The highest BCUT2D eigenvalue weighted by atomic mass is 32.2. The van der Waals surface area contributed by atoms with Gasteiger partial charge >= 0.3 is 0 Å². The average Bonchev–Trinajstić information content (AvgIpc) is 2.77. The van der Waals surface area contributed by atoms with Gasteiger partial charge in [0, 0.05) is 29.7 Å². The van der Waals surface area contributed by atoms with E-state index in [4.69, 9.17) is 4.12 Å². The third-order valence-electron chi connectivity index (χ3n) is 7.66. The van der Waals surface area contributed by atoms with Crippen LogP contribution < -0.4 is 0 Å². The summed E-state index contributed by atoms with van der Waals surface area (Å²) in [7, 11) is -8.05. The van der Waals surface area contributed by atoms with E-state index >= 15 is 0 Å². The van der Waals surface area contributed by atoms with Gasteiger partial charge in [0.1, 0.15) is 4.90 Å². The molecule has 5 nitrogen and oxygen atoms in total. The summed E-state index contributed by atoms with van der Waals surface area (Å²) < 4.78 is 36.9. The van der Waals surface area contributed by atoms with E-state index in [9.17, 15) is 8.42 Å².